The van der Waals surface area contributed by atoms with E-state index < -0.39 is 0 Å². The molecule has 0 radical (unpaired) electrons. The third-order valence-electron chi connectivity index (χ3n) is 5.68. The Bertz CT molecular complexity index is 426. The van der Waals surface area contributed by atoms with Crippen LogP contribution in [0.4, 0.5) is 0 Å². The molecule has 2 N–H and O–H groups in total. The van der Waals surface area contributed by atoms with E-state index >= 15 is 0 Å². The first kappa shape index (κ1) is 16.6. The van der Waals surface area contributed by atoms with Crippen molar-refractivity contribution in [1.82, 2.24) is 4.90 Å². The molecule has 1 aliphatic heterocycles. The summed E-state index contributed by atoms with van der Waals surface area (Å²) in [5, 5.41) is 0. The van der Waals surface area contributed by atoms with Gasteiger partial charge in [0.2, 0.25) is 0 Å². The number of piperidine rings is 1. The standard InChI is InChI=1S/C18H32N2O/c1-5-15(19)17(16-9-8-14(4)21-16)20-12-10-18(6-2,7-3)11-13-20/h8-9,15,17H,5-7,10-13,19H2,1-4H3. The maximum absolute atomic E-state index is 6.42. The molecule has 21 heavy (non-hydrogen) atoms. The van der Waals surface area contributed by atoms with Crippen LogP contribution in [-0.2, 0) is 0 Å². The molecule has 2 heterocycles. The van der Waals surface area contributed by atoms with E-state index in [1.54, 1.807) is 0 Å². The Balaban J connectivity index is 2.13. The van der Waals surface area contributed by atoms with Crippen LogP contribution in [0.1, 0.15) is 70.4 Å². The fraction of sp³-hybridized carbons (Fsp3) is 0.778. The van der Waals surface area contributed by atoms with Crippen LogP contribution in [-0.4, -0.2) is 24.0 Å². The lowest BCUT2D eigenvalue weighted by Gasteiger charge is -2.44. The Morgan fingerprint density at radius 2 is 1.81 bits per heavy atom. The first-order valence-electron chi connectivity index (χ1n) is 8.61. The van der Waals surface area contributed by atoms with Crippen LogP contribution >= 0.6 is 0 Å². The van der Waals surface area contributed by atoms with Crippen molar-refractivity contribution in [3.05, 3.63) is 23.7 Å². The number of likely N-dealkylation sites (tertiary alicyclic amines) is 1. The number of nitrogens with two attached hydrogens (primary N) is 1. The molecule has 0 aromatic carbocycles. The lowest BCUT2D eigenvalue weighted by atomic mass is 9.73. The van der Waals surface area contributed by atoms with Crippen molar-refractivity contribution in [3.63, 3.8) is 0 Å². The summed E-state index contributed by atoms with van der Waals surface area (Å²) in [4.78, 5) is 2.55. The lowest BCUT2D eigenvalue weighted by molar-refractivity contribution is 0.0483. The molecule has 1 aliphatic rings. The second-order valence-corrected chi connectivity index (χ2v) is 6.71. The fourth-order valence-electron chi connectivity index (χ4n) is 3.73. The van der Waals surface area contributed by atoms with Gasteiger partial charge in [-0.05, 0) is 56.8 Å². The predicted molar refractivity (Wildman–Crippen MR) is 88.3 cm³/mol. The van der Waals surface area contributed by atoms with Crippen LogP contribution in [0, 0.1) is 12.3 Å². The van der Waals surface area contributed by atoms with Crippen molar-refractivity contribution in [1.29, 1.82) is 0 Å². The Hall–Kier alpha value is -0.800. The molecule has 0 aliphatic carbocycles. The fourth-order valence-corrected chi connectivity index (χ4v) is 3.73. The first-order chi connectivity index (χ1) is 10.0. The van der Waals surface area contributed by atoms with Crippen LogP contribution < -0.4 is 5.73 Å². The van der Waals surface area contributed by atoms with Crippen LogP contribution in [0.15, 0.2) is 16.5 Å². The summed E-state index contributed by atoms with van der Waals surface area (Å²) in [7, 11) is 0. The van der Waals surface area contributed by atoms with Gasteiger partial charge in [0, 0.05) is 6.04 Å². The topological polar surface area (TPSA) is 42.4 Å². The van der Waals surface area contributed by atoms with E-state index in [2.05, 4.69) is 37.8 Å². The minimum Gasteiger partial charge on any atom is -0.465 e. The number of hydrogen-bond acceptors (Lipinski definition) is 3. The van der Waals surface area contributed by atoms with E-state index in [9.17, 15) is 0 Å². The molecule has 0 spiro atoms. The van der Waals surface area contributed by atoms with Gasteiger partial charge in [0.1, 0.15) is 11.5 Å². The summed E-state index contributed by atoms with van der Waals surface area (Å²) in [6.45, 7) is 11.1. The summed E-state index contributed by atoms with van der Waals surface area (Å²) in [6.07, 6.45) is 6.14. The maximum atomic E-state index is 6.42. The third-order valence-corrected chi connectivity index (χ3v) is 5.68. The normalized spacial score (nSPS) is 22.1. The van der Waals surface area contributed by atoms with Gasteiger partial charge in [0.05, 0.1) is 6.04 Å². The lowest BCUT2D eigenvalue weighted by Crippen LogP contribution is -2.47. The molecule has 0 bridgehead atoms. The summed E-state index contributed by atoms with van der Waals surface area (Å²) in [6, 6.07) is 4.54. The van der Waals surface area contributed by atoms with E-state index in [0.29, 0.717) is 5.41 Å². The van der Waals surface area contributed by atoms with Gasteiger partial charge in [0.25, 0.3) is 0 Å². The highest BCUT2D eigenvalue weighted by atomic mass is 16.3. The van der Waals surface area contributed by atoms with Gasteiger partial charge >= 0.3 is 0 Å². The van der Waals surface area contributed by atoms with Gasteiger partial charge in [-0.2, -0.15) is 0 Å². The van der Waals surface area contributed by atoms with E-state index in [0.717, 1.165) is 31.0 Å². The molecule has 2 unspecified atom stereocenters. The zero-order valence-corrected chi connectivity index (χ0v) is 14.2. The molecule has 3 heteroatoms. The Morgan fingerprint density at radius 3 is 2.24 bits per heavy atom. The first-order valence-corrected chi connectivity index (χ1v) is 8.61. The summed E-state index contributed by atoms with van der Waals surface area (Å²) < 4.78 is 5.90. The van der Waals surface area contributed by atoms with Gasteiger partial charge in [-0.3, -0.25) is 4.90 Å². The smallest absolute Gasteiger partial charge is 0.122 e. The number of aryl methyl sites for hydroxylation is 1. The molecule has 1 aromatic rings. The minimum atomic E-state index is 0.145. The van der Waals surface area contributed by atoms with Gasteiger partial charge in [-0.15, -0.1) is 0 Å². The number of hydrogen-bond donors (Lipinski definition) is 1. The highest BCUT2D eigenvalue weighted by molar-refractivity contribution is 5.12. The largest absolute Gasteiger partial charge is 0.465 e. The van der Waals surface area contributed by atoms with E-state index in [1.807, 2.05) is 6.92 Å². The van der Waals surface area contributed by atoms with Crippen molar-refractivity contribution in [2.45, 2.75) is 71.9 Å². The van der Waals surface area contributed by atoms with E-state index in [1.165, 1.54) is 25.7 Å². The van der Waals surface area contributed by atoms with Crippen molar-refractivity contribution in [2.24, 2.45) is 11.1 Å². The zero-order valence-electron chi connectivity index (χ0n) is 14.2. The summed E-state index contributed by atoms with van der Waals surface area (Å²) in [5.74, 6) is 2.02. The van der Waals surface area contributed by atoms with Crippen molar-refractivity contribution in [3.8, 4) is 0 Å². The summed E-state index contributed by atoms with van der Waals surface area (Å²) in [5.41, 5.74) is 6.97. The average Bonchev–Trinajstić information content (AvgIpc) is 2.94. The van der Waals surface area contributed by atoms with E-state index in [4.69, 9.17) is 10.2 Å². The van der Waals surface area contributed by atoms with Gasteiger partial charge in [0.15, 0.2) is 0 Å². The molecular weight excluding hydrogens is 260 g/mol. The van der Waals surface area contributed by atoms with E-state index in [-0.39, 0.29) is 12.1 Å². The van der Waals surface area contributed by atoms with Crippen LogP contribution in [0.3, 0.4) is 0 Å². The third kappa shape index (κ3) is 3.51. The Labute approximate surface area is 129 Å². The number of furan rings is 1. The summed E-state index contributed by atoms with van der Waals surface area (Å²) >= 11 is 0. The highest BCUT2D eigenvalue weighted by Gasteiger charge is 2.36. The molecule has 1 fully saturated rings. The van der Waals surface area contributed by atoms with Crippen molar-refractivity contribution < 1.29 is 4.42 Å². The molecule has 3 nitrogen and oxygen atoms in total. The number of rotatable bonds is 6. The quantitative estimate of drug-likeness (QED) is 0.851. The molecule has 120 valence electrons. The molecule has 0 saturated carbocycles. The SMILES string of the molecule is CCC(N)C(c1ccc(C)o1)N1CCC(CC)(CC)CC1. The van der Waals surface area contributed by atoms with Gasteiger partial charge in [-0.25, -0.2) is 0 Å². The van der Waals surface area contributed by atoms with Crippen molar-refractivity contribution in [2.75, 3.05) is 13.1 Å². The highest BCUT2D eigenvalue weighted by Crippen LogP contribution is 2.40. The molecule has 1 aromatic heterocycles. The second kappa shape index (κ2) is 6.97. The van der Waals surface area contributed by atoms with Gasteiger partial charge in [-0.1, -0.05) is 33.6 Å². The molecule has 2 rings (SSSR count). The van der Waals surface area contributed by atoms with Crippen LogP contribution in [0.2, 0.25) is 0 Å². The van der Waals surface area contributed by atoms with Crippen molar-refractivity contribution >= 4 is 0 Å². The second-order valence-electron chi connectivity index (χ2n) is 6.71. The Kier molecular flexibility index (Phi) is 5.50. The molecular formula is C18H32N2O. The maximum Gasteiger partial charge on any atom is 0.122 e. The Morgan fingerprint density at radius 1 is 1.19 bits per heavy atom. The van der Waals surface area contributed by atoms with Crippen LogP contribution in [0.5, 0.6) is 0 Å². The minimum absolute atomic E-state index is 0.145. The zero-order chi connectivity index (χ0) is 15.5. The molecule has 2 atom stereocenters. The van der Waals surface area contributed by atoms with Gasteiger partial charge < -0.3 is 10.2 Å². The van der Waals surface area contributed by atoms with Crippen LogP contribution in [0.25, 0.3) is 0 Å². The predicted octanol–water partition coefficient (Wildman–Crippen LogP) is 4.27. The molecule has 1 saturated heterocycles. The monoisotopic (exact) mass is 292 g/mol. The number of nitrogens with zero attached hydrogens (tertiary/aromatic N) is 1. The average molecular weight is 292 g/mol. The molecule has 0 amide bonds.